The number of aromatic amines is 1. The molecule has 0 saturated heterocycles. The number of rotatable bonds is 5. The van der Waals surface area contributed by atoms with Gasteiger partial charge in [-0.2, -0.15) is 18.3 Å². The first-order valence-electron chi connectivity index (χ1n) is 6.50. The second-order valence-electron chi connectivity index (χ2n) is 4.86. The topological polar surface area (TPSA) is 57.9 Å². The van der Waals surface area contributed by atoms with Gasteiger partial charge in [0.05, 0.1) is 11.3 Å². The number of likely N-dealkylation sites (N-methyl/N-ethyl adjacent to an activating group) is 1. The van der Waals surface area contributed by atoms with E-state index in [1.807, 2.05) is 11.9 Å². The first-order valence-corrected chi connectivity index (χ1v) is 6.50. The van der Waals surface area contributed by atoms with Crippen molar-refractivity contribution >= 4 is 0 Å². The van der Waals surface area contributed by atoms with Crippen LogP contribution in [0.3, 0.4) is 0 Å². The Morgan fingerprint density at radius 3 is 2.48 bits per heavy atom. The molecule has 0 radical (unpaired) electrons. The van der Waals surface area contributed by atoms with Crippen molar-refractivity contribution in [2.75, 3.05) is 20.1 Å². The van der Waals surface area contributed by atoms with Gasteiger partial charge in [-0.1, -0.05) is 12.1 Å². The van der Waals surface area contributed by atoms with Crippen LogP contribution in [0.15, 0.2) is 30.5 Å². The van der Waals surface area contributed by atoms with Gasteiger partial charge < -0.3 is 10.6 Å². The van der Waals surface area contributed by atoms with Crippen molar-refractivity contribution in [2.24, 2.45) is 5.73 Å². The van der Waals surface area contributed by atoms with Crippen LogP contribution in [0.2, 0.25) is 0 Å². The monoisotopic (exact) mass is 298 g/mol. The molecule has 3 N–H and O–H groups in total. The van der Waals surface area contributed by atoms with E-state index in [1.165, 1.54) is 12.1 Å². The Balaban J connectivity index is 2.21. The summed E-state index contributed by atoms with van der Waals surface area (Å²) in [5, 5.41) is 6.89. The first-order chi connectivity index (χ1) is 9.91. The van der Waals surface area contributed by atoms with E-state index in [4.69, 9.17) is 5.73 Å². The van der Waals surface area contributed by atoms with E-state index in [0.29, 0.717) is 24.3 Å². The highest BCUT2D eigenvalue weighted by Gasteiger charge is 2.30. The zero-order valence-corrected chi connectivity index (χ0v) is 11.6. The number of nitrogens with one attached hydrogen (secondary N) is 1. The fourth-order valence-corrected chi connectivity index (χ4v) is 2.09. The lowest BCUT2D eigenvalue weighted by Crippen LogP contribution is -2.25. The van der Waals surface area contributed by atoms with Gasteiger partial charge in [-0.25, -0.2) is 0 Å². The number of benzene rings is 1. The van der Waals surface area contributed by atoms with Crippen molar-refractivity contribution in [3.63, 3.8) is 0 Å². The average molecular weight is 298 g/mol. The molecule has 1 heterocycles. The molecule has 21 heavy (non-hydrogen) atoms. The number of hydrogen-bond donors (Lipinski definition) is 2. The summed E-state index contributed by atoms with van der Waals surface area (Å²) in [5.41, 5.74) is 7.06. The second kappa shape index (κ2) is 6.28. The summed E-state index contributed by atoms with van der Waals surface area (Å²) in [7, 11) is 1.93. The first kappa shape index (κ1) is 15.5. The molecule has 2 rings (SSSR count). The fourth-order valence-electron chi connectivity index (χ4n) is 2.09. The maximum atomic E-state index is 12.6. The van der Waals surface area contributed by atoms with E-state index in [-0.39, 0.29) is 0 Å². The van der Waals surface area contributed by atoms with Gasteiger partial charge in [-0.05, 0) is 19.2 Å². The van der Waals surface area contributed by atoms with Gasteiger partial charge in [-0.3, -0.25) is 5.10 Å². The van der Waals surface area contributed by atoms with E-state index < -0.39 is 11.7 Å². The predicted octanol–water partition coefficient (Wildman–Crippen LogP) is 2.49. The summed E-state index contributed by atoms with van der Waals surface area (Å²) in [6, 6.07) is 5.01. The summed E-state index contributed by atoms with van der Waals surface area (Å²) < 4.78 is 37.7. The Morgan fingerprint density at radius 2 is 1.90 bits per heavy atom. The van der Waals surface area contributed by atoms with Crippen molar-refractivity contribution in [3.8, 4) is 11.3 Å². The van der Waals surface area contributed by atoms with Gasteiger partial charge in [-0.15, -0.1) is 0 Å². The molecule has 114 valence electrons. The van der Waals surface area contributed by atoms with Crippen LogP contribution in [0.1, 0.15) is 11.1 Å². The molecule has 0 saturated carbocycles. The van der Waals surface area contributed by atoms with Gasteiger partial charge in [0.15, 0.2) is 0 Å². The quantitative estimate of drug-likeness (QED) is 0.891. The molecule has 0 aliphatic carbocycles. The second-order valence-corrected chi connectivity index (χ2v) is 4.86. The van der Waals surface area contributed by atoms with E-state index in [0.717, 1.165) is 24.2 Å². The number of alkyl halides is 3. The molecule has 4 nitrogen and oxygen atoms in total. The number of nitrogens with two attached hydrogens (primary N) is 1. The number of hydrogen-bond acceptors (Lipinski definition) is 3. The molecular formula is C14H17F3N4. The molecule has 0 unspecified atom stereocenters. The third-order valence-electron chi connectivity index (χ3n) is 3.16. The SMILES string of the molecule is CN(CCN)Cc1c[nH]nc1-c1ccc(C(F)(F)F)cc1. The minimum Gasteiger partial charge on any atom is -0.329 e. The lowest BCUT2D eigenvalue weighted by atomic mass is 10.1. The van der Waals surface area contributed by atoms with Gasteiger partial charge >= 0.3 is 6.18 Å². The molecule has 0 spiro atoms. The lowest BCUT2D eigenvalue weighted by molar-refractivity contribution is -0.137. The lowest BCUT2D eigenvalue weighted by Gasteiger charge is -2.15. The van der Waals surface area contributed by atoms with Crippen molar-refractivity contribution in [2.45, 2.75) is 12.7 Å². The van der Waals surface area contributed by atoms with Crippen LogP contribution in [-0.2, 0) is 12.7 Å². The molecule has 7 heteroatoms. The number of H-pyrrole nitrogens is 1. The number of nitrogens with zero attached hydrogens (tertiary/aromatic N) is 2. The number of halogens is 3. The Kier molecular flexibility index (Phi) is 4.64. The zero-order chi connectivity index (χ0) is 15.5. The standard InChI is InChI=1S/C14H17F3N4/c1-21(7-6-18)9-11-8-19-20-13(11)10-2-4-12(5-3-10)14(15,16)17/h2-5,8H,6-7,9,18H2,1H3,(H,19,20). The molecule has 0 aliphatic heterocycles. The molecule has 0 bridgehead atoms. The molecule has 2 aromatic rings. The van der Waals surface area contributed by atoms with E-state index >= 15 is 0 Å². The molecule has 1 aromatic heterocycles. The normalized spacial score (nSPS) is 12.1. The molecule has 0 fully saturated rings. The predicted molar refractivity (Wildman–Crippen MR) is 74.4 cm³/mol. The van der Waals surface area contributed by atoms with Crippen LogP contribution >= 0.6 is 0 Å². The van der Waals surface area contributed by atoms with E-state index in [9.17, 15) is 13.2 Å². The summed E-state index contributed by atoms with van der Waals surface area (Å²) in [6.07, 6.45) is -2.58. The van der Waals surface area contributed by atoms with Crippen LogP contribution in [-0.4, -0.2) is 35.2 Å². The molecule has 0 aliphatic rings. The summed E-state index contributed by atoms with van der Waals surface area (Å²) in [6.45, 7) is 1.91. The van der Waals surface area contributed by atoms with Gasteiger partial charge in [0.2, 0.25) is 0 Å². The van der Waals surface area contributed by atoms with Crippen molar-refractivity contribution in [1.29, 1.82) is 0 Å². The van der Waals surface area contributed by atoms with Crippen molar-refractivity contribution < 1.29 is 13.2 Å². The van der Waals surface area contributed by atoms with Gasteiger partial charge in [0.25, 0.3) is 0 Å². The maximum Gasteiger partial charge on any atom is 0.416 e. The molecule has 0 atom stereocenters. The minimum atomic E-state index is -4.33. The highest BCUT2D eigenvalue weighted by molar-refractivity contribution is 5.63. The summed E-state index contributed by atoms with van der Waals surface area (Å²) in [5.74, 6) is 0. The number of aromatic nitrogens is 2. The van der Waals surface area contributed by atoms with Crippen molar-refractivity contribution in [3.05, 3.63) is 41.6 Å². The molecule has 1 aromatic carbocycles. The average Bonchev–Trinajstić information content (AvgIpc) is 2.86. The highest BCUT2D eigenvalue weighted by atomic mass is 19.4. The zero-order valence-electron chi connectivity index (χ0n) is 11.6. The highest BCUT2D eigenvalue weighted by Crippen LogP contribution is 2.31. The van der Waals surface area contributed by atoms with Crippen LogP contribution < -0.4 is 5.73 Å². The maximum absolute atomic E-state index is 12.6. The Labute approximate surface area is 120 Å². The van der Waals surface area contributed by atoms with Crippen LogP contribution in [0.4, 0.5) is 13.2 Å². The molecule has 0 amide bonds. The molecular weight excluding hydrogens is 281 g/mol. The largest absolute Gasteiger partial charge is 0.416 e. The van der Waals surface area contributed by atoms with Crippen molar-refractivity contribution in [1.82, 2.24) is 15.1 Å². The Hall–Kier alpha value is -1.86. The van der Waals surface area contributed by atoms with Crippen LogP contribution in [0.5, 0.6) is 0 Å². The van der Waals surface area contributed by atoms with E-state index in [2.05, 4.69) is 10.2 Å². The van der Waals surface area contributed by atoms with E-state index in [1.54, 1.807) is 6.20 Å². The van der Waals surface area contributed by atoms with Crippen LogP contribution in [0, 0.1) is 0 Å². The van der Waals surface area contributed by atoms with Gasteiger partial charge in [0, 0.05) is 37.0 Å². The Bertz CT molecular complexity index is 575. The smallest absolute Gasteiger partial charge is 0.329 e. The van der Waals surface area contributed by atoms with Gasteiger partial charge in [0.1, 0.15) is 0 Å². The summed E-state index contributed by atoms with van der Waals surface area (Å²) in [4.78, 5) is 2.03. The third kappa shape index (κ3) is 3.83. The minimum absolute atomic E-state index is 0.546. The summed E-state index contributed by atoms with van der Waals surface area (Å²) >= 11 is 0. The van der Waals surface area contributed by atoms with Crippen LogP contribution in [0.25, 0.3) is 11.3 Å². The Morgan fingerprint density at radius 1 is 1.24 bits per heavy atom. The third-order valence-corrected chi connectivity index (χ3v) is 3.16. The fraction of sp³-hybridized carbons (Fsp3) is 0.357.